The van der Waals surface area contributed by atoms with Crippen LogP contribution < -0.4 is 0 Å². The van der Waals surface area contributed by atoms with Crippen molar-refractivity contribution >= 4 is 34.8 Å². The van der Waals surface area contributed by atoms with Crippen LogP contribution in [0.4, 0.5) is 0 Å². The Bertz CT molecular complexity index is 460. The van der Waals surface area contributed by atoms with Gasteiger partial charge < -0.3 is 9.64 Å². The summed E-state index contributed by atoms with van der Waals surface area (Å²) in [6, 6.07) is 3.31. The molecule has 1 aromatic rings. The largest absolute Gasteiger partial charge is 0.461 e. The van der Waals surface area contributed by atoms with E-state index in [4.69, 9.17) is 16.3 Å². The molecule has 1 amide bonds. The van der Waals surface area contributed by atoms with E-state index in [1.807, 2.05) is 6.92 Å². The number of likely N-dealkylation sites (tertiary alicyclic amines) is 1. The summed E-state index contributed by atoms with van der Waals surface area (Å²) in [5, 5.41) is 0. The number of esters is 1. The number of amides is 1. The molecule has 0 saturated carbocycles. The van der Waals surface area contributed by atoms with Crippen LogP contribution in [-0.2, 0) is 9.53 Å². The van der Waals surface area contributed by atoms with Gasteiger partial charge in [0.1, 0.15) is 4.88 Å². The van der Waals surface area contributed by atoms with E-state index < -0.39 is 0 Å². The Kier molecular flexibility index (Phi) is 4.24. The number of ether oxygens (including phenoxy) is 1. The summed E-state index contributed by atoms with van der Waals surface area (Å²) in [7, 11) is 0. The lowest BCUT2D eigenvalue weighted by Crippen LogP contribution is -2.25. The van der Waals surface area contributed by atoms with Crippen molar-refractivity contribution in [1.29, 1.82) is 0 Å². The molecule has 0 N–H and O–H groups in total. The number of nitrogens with zero attached hydrogens (tertiary/aromatic N) is 1. The third-order valence-electron chi connectivity index (χ3n) is 2.90. The lowest BCUT2D eigenvalue weighted by atomic mass is 10.1. The van der Waals surface area contributed by atoms with Crippen molar-refractivity contribution in [2.24, 2.45) is 5.92 Å². The number of carbonyl (C=O) groups excluding carboxylic acids is 2. The van der Waals surface area contributed by atoms with Gasteiger partial charge in [0.15, 0.2) is 0 Å². The van der Waals surface area contributed by atoms with E-state index >= 15 is 0 Å². The molecule has 0 aromatic carbocycles. The van der Waals surface area contributed by atoms with Gasteiger partial charge in [0, 0.05) is 25.4 Å². The molecule has 2 heterocycles. The van der Waals surface area contributed by atoms with Crippen LogP contribution in [0, 0.1) is 5.92 Å². The fraction of sp³-hybridized carbons (Fsp3) is 0.500. The van der Waals surface area contributed by atoms with Gasteiger partial charge in [-0.2, -0.15) is 0 Å². The Labute approximate surface area is 114 Å². The van der Waals surface area contributed by atoms with Crippen molar-refractivity contribution < 1.29 is 14.3 Å². The molecule has 0 aliphatic carbocycles. The Hall–Kier alpha value is -1.07. The van der Waals surface area contributed by atoms with Crippen LogP contribution in [0.1, 0.15) is 23.0 Å². The van der Waals surface area contributed by atoms with Gasteiger partial charge in [-0.05, 0) is 19.1 Å². The highest BCUT2D eigenvalue weighted by molar-refractivity contribution is 7.17. The second-order valence-electron chi connectivity index (χ2n) is 4.20. The maximum absolute atomic E-state index is 11.7. The van der Waals surface area contributed by atoms with Crippen molar-refractivity contribution in [3.8, 4) is 0 Å². The topological polar surface area (TPSA) is 46.6 Å². The van der Waals surface area contributed by atoms with Gasteiger partial charge >= 0.3 is 5.97 Å². The molecule has 98 valence electrons. The zero-order valence-electron chi connectivity index (χ0n) is 10.0. The quantitative estimate of drug-likeness (QED) is 0.799. The molecule has 18 heavy (non-hydrogen) atoms. The van der Waals surface area contributed by atoms with Crippen LogP contribution in [0.25, 0.3) is 0 Å². The fourth-order valence-electron chi connectivity index (χ4n) is 1.96. The highest BCUT2D eigenvalue weighted by atomic mass is 35.5. The van der Waals surface area contributed by atoms with Crippen LogP contribution in [0.5, 0.6) is 0 Å². The molecular weight excluding hydrogens is 274 g/mol. The second-order valence-corrected chi connectivity index (χ2v) is 5.92. The minimum Gasteiger partial charge on any atom is -0.461 e. The lowest BCUT2D eigenvalue weighted by molar-refractivity contribution is -0.127. The predicted molar refractivity (Wildman–Crippen MR) is 70.0 cm³/mol. The first kappa shape index (κ1) is 13.4. The van der Waals surface area contributed by atoms with E-state index in [-0.39, 0.29) is 24.4 Å². The molecule has 1 aromatic heterocycles. The smallest absolute Gasteiger partial charge is 0.348 e. The van der Waals surface area contributed by atoms with E-state index in [0.29, 0.717) is 28.7 Å². The number of hydrogen-bond acceptors (Lipinski definition) is 4. The molecule has 1 atom stereocenters. The molecule has 1 aliphatic heterocycles. The number of halogens is 1. The Morgan fingerprint density at radius 2 is 2.39 bits per heavy atom. The van der Waals surface area contributed by atoms with E-state index in [9.17, 15) is 9.59 Å². The first-order chi connectivity index (χ1) is 8.60. The molecule has 1 aliphatic rings. The molecule has 0 bridgehead atoms. The molecule has 1 fully saturated rings. The zero-order chi connectivity index (χ0) is 13.1. The first-order valence-electron chi connectivity index (χ1n) is 5.80. The molecule has 2 rings (SSSR count). The highest BCUT2D eigenvalue weighted by Crippen LogP contribution is 2.23. The summed E-state index contributed by atoms with van der Waals surface area (Å²) in [6.45, 7) is 3.62. The van der Waals surface area contributed by atoms with Crippen LogP contribution in [-0.4, -0.2) is 36.5 Å². The lowest BCUT2D eigenvalue weighted by Gasteiger charge is -2.13. The standard InChI is InChI=1S/C12H14ClNO3S/c1-2-14-6-8(5-11(14)15)7-17-12(16)9-3-4-10(13)18-9/h3-4,8H,2,5-7H2,1H3/t8-/m1/s1. The van der Waals surface area contributed by atoms with Crippen LogP contribution >= 0.6 is 22.9 Å². The van der Waals surface area contributed by atoms with E-state index in [0.717, 1.165) is 0 Å². The van der Waals surface area contributed by atoms with E-state index in [2.05, 4.69) is 0 Å². The molecule has 0 radical (unpaired) electrons. The summed E-state index contributed by atoms with van der Waals surface area (Å²) in [4.78, 5) is 25.5. The third kappa shape index (κ3) is 3.03. The number of carbonyl (C=O) groups is 2. The van der Waals surface area contributed by atoms with Crippen molar-refractivity contribution in [1.82, 2.24) is 4.90 Å². The number of thiophene rings is 1. The normalized spacial score (nSPS) is 19.3. The highest BCUT2D eigenvalue weighted by Gasteiger charge is 2.29. The predicted octanol–water partition coefficient (Wildman–Crippen LogP) is 2.43. The summed E-state index contributed by atoms with van der Waals surface area (Å²) in [5.41, 5.74) is 0. The fourth-order valence-corrected chi connectivity index (χ4v) is 2.90. The van der Waals surface area contributed by atoms with Gasteiger partial charge in [0.25, 0.3) is 0 Å². The van der Waals surface area contributed by atoms with E-state index in [1.54, 1.807) is 17.0 Å². The van der Waals surface area contributed by atoms with Crippen molar-refractivity contribution in [3.05, 3.63) is 21.3 Å². The molecule has 0 spiro atoms. The number of rotatable bonds is 4. The van der Waals surface area contributed by atoms with Crippen molar-refractivity contribution in [3.63, 3.8) is 0 Å². The Balaban J connectivity index is 1.82. The van der Waals surface area contributed by atoms with Gasteiger partial charge in [-0.15, -0.1) is 11.3 Å². The number of hydrogen-bond donors (Lipinski definition) is 0. The summed E-state index contributed by atoms with van der Waals surface area (Å²) < 4.78 is 5.77. The molecule has 1 saturated heterocycles. The average molecular weight is 288 g/mol. The van der Waals surface area contributed by atoms with Gasteiger partial charge in [0.05, 0.1) is 10.9 Å². The minimum atomic E-state index is -0.366. The molecular formula is C12H14ClNO3S. The monoisotopic (exact) mass is 287 g/mol. The summed E-state index contributed by atoms with van der Waals surface area (Å²) >= 11 is 6.95. The average Bonchev–Trinajstić information content (AvgIpc) is 2.92. The minimum absolute atomic E-state index is 0.108. The van der Waals surface area contributed by atoms with Crippen LogP contribution in [0.3, 0.4) is 0 Å². The van der Waals surface area contributed by atoms with Crippen molar-refractivity contribution in [2.75, 3.05) is 19.7 Å². The Morgan fingerprint density at radius 1 is 1.61 bits per heavy atom. The van der Waals surface area contributed by atoms with Gasteiger partial charge in [-0.1, -0.05) is 11.6 Å². The van der Waals surface area contributed by atoms with Gasteiger partial charge in [-0.3, -0.25) is 4.79 Å². The Morgan fingerprint density at radius 3 is 2.94 bits per heavy atom. The maximum atomic E-state index is 11.7. The van der Waals surface area contributed by atoms with Crippen LogP contribution in [0.15, 0.2) is 12.1 Å². The summed E-state index contributed by atoms with van der Waals surface area (Å²) in [6.07, 6.45) is 0.465. The van der Waals surface area contributed by atoms with Crippen molar-refractivity contribution in [2.45, 2.75) is 13.3 Å². The van der Waals surface area contributed by atoms with E-state index in [1.165, 1.54) is 11.3 Å². The van der Waals surface area contributed by atoms with Gasteiger partial charge in [0.2, 0.25) is 5.91 Å². The first-order valence-corrected chi connectivity index (χ1v) is 6.99. The van der Waals surface area contributed by atoms with Gasteiger partial charge in [-0.25, -0.2) is 4.79 Å². The zero-order valence-corrected chi connectivity index (χ0v) is 11.6. The SMILES string of the molecule is CCN1C[C@H](COC(=O)c2ccc(Cl)s2)CC1=O. The van der Waals surface area contributed by atoms with Crippen LogP contribution in [0.2, 0.25) is 4.34 Å². The maximum Gasteiger partial charge on any atom is 0.348 e. The second kappa shape index (κ2) is 5.71. The molecule has 4 nitrogen and oxygen atoms in total. The molecule has 6 heteroatoms. The molecule has 0 unspecified atom stereocenters. The third-order valence-corrected chi connectivity index (χ3v) is 4.11. The summed E-state index contributed by atoms with van der Waals surface area (Å²) in [5.74, 6) is -0.121.